The number of carbonyl (C=O) groups excluding carboxylic acids is 2. The van der Waals surface area contributed by atoms with E-state index in [1.54, 1.807) is 13.0 Å². The van der Waals surface area contributed by atoms with Crippen molar-refractivity contribution in [2.75, 3.05) is 20.4 Å². The van der Waals surface area contributed by atoms with Gasteiger partial charge in [-0.15, -0.1) is 0 Å². The lowest BCUT2D eigenvalue weighted by atomic mass is 10.0. The third kappa shape index (κ3) is 7.81. The van der Waals surface area contributed by atoms with Crippen LogP contribution in [0, 0.1) is 0 Å². The summed E-state index contributed by atoms with van der Waals surface area (Å²) in [5.41, 5.74) is 2.38. The molecule has 2 unspecified atom stereocenters. The van der Waals surface area contributed by atoms with Crippen molar-refractivity contribution in [3.05, 3.63) is 71.3 Å². The number of hydrogen-bond acceptors (Lipinski definition) is 6. The largest absolute Gasteiger partial charge is 0.465 e. The number of rotatable bonds is 12. The van der Waals surface area contributed by atoms with Crippen molar-refractivity contribution < 1.29 is 28.2 Å². The molecule has 0 heterocycles. The molecule has 1 amide bonds. The third-order valence-electron chi connectivity index (χ3n) is 5.28. The van der Waals surface area contributed by atoms with Crippen LogP contribution in [0.5, 0.6) is 0 Å². The minimum Gasteiger partial charge on any atom is -0.465 e. The van der Waals surface area contributed by atoms with E-state index >= 15 is 0 Å². The van der Waals surface area contributed by atoms with Crippen molar-refractivity contribution in [1.29, 1.82) is 0 Å². The molecule has 0 aliphatic rings. The van der Waals surface area contributed by atoms with Gasteiger partial charge in [0.2, 0.25) is 7.37 Å². The van der Waals surface area contributed by atoms with Crippen LogP contribution in [0.4, 0.5) is 4.79 Å². The molecule has 0 aromatic heterocycles. The standard InChI is InChI=1S/C24H32NO6P/c1-19(25-24(27)31-18-20-12-6-4-7-13-20)32(28,30-3)17-11-5-8-14-21-15-9-10-16-22(21)23(26)29-2/h4,6-7,9-10,12-13,15-16,19H,5,8,11,14,17-18H2,1-3H3,(H,25,27). The molecule has 0 saturated heterocycles. The molecule has 0 aliphatic carbocycles. The first-order valence-electron chi connectivity index (χ1n) is 10.7. The number of methoxy groups -OCH3 is 1. The summed E-state index contributed by atoms with van der Waals surface area (Å²) in [6, 6.07) is 16.7. The highest BCUT2D eigenvalue weighted by atomic mass is 31.2. The van der Waals surface area contributed by atoms with E-state index in [-0.39, 0.29) is 12.6 Å². The SMILES string of the molecule is COC(=O)c1ccccc1CCCCCP(=O)(OC)C(C)NC(=O)OCc1ccccc1. The zero-order valence-electron chi connectivity index (χ0n) is 18.9. The van der Waals surface area contributed by atoms with E-state index in [9.17, 15) is 14.2 Å². The summed E-state index contributed by atoms with van der Waals surface area (Å²) in [6.07, 6.45) is 2.77. The van der Waals surface area contributed by atoms with E-state index < -0.39 is 19.2 Å². The van der Waals surface area contributed by atoms with Crippen LogP contribution < -0.4 is 5.32 Å². The van der Waals surface area contributed by atoms with Gasteiger partial charge in [-0.2, -0.15) is 0 Å². The Morgan fingerprint density at radius 3 is 2.34 bits per heavy atom. The third-order valence-corrected chi connectivity index (χ3v) is 8.14. The van der Waals surface area contributed by atoms with Gasteiger partial charge in [-0.3, -0.25) is 4.57 Å². The van der Waals surface area contributed by atoms with Gasteiger partial charge in [0.15, 0.2) is 0 Å². The average Bonchev–Trinajstić information content (AvgIpc) is 2.82. The van der Waals surface area contributed by atoms with E-state index in [4.69, 9.17) is 14.0 Å². The molecule has 8 heteroatoms. The van der Waals surface area contributed by atoms with Gasteiger partial charge < -0.3 is 19.3 Å². The van der Waals surface area contributed by atoms with Gasteiger partial charge in [-0.25, -0.2) is 9.59 Å². The minimum absolute atomic E-state index is 0.143. The van der Waals surface area contributed by atoms with Crippen LogP contribution in [0.2, 0.25) is 0 Å². The van der Waals surface area contributed by atoms with Crippen LogP contribution in [-0.4, -0.2) is 38.2 Å². The lowest BCUT2D eigenvalue weighted by molar-refractivity contribution is 0.0599. The normalized spacial score (nSPS) is 13.6. The molecule has 0 fully saturated rings. The number of unbranched alkanes of at least 4 members (excludes halogenated alkanes) is 2. The fourth-order valence-electron chi connectivity index (χ4n) is 3.35. The number of carbonyl (C=O) groups is 2. The molecule has 0 aliphatic heterocycles. The van der Waals surface area contributed by atoms with Crippen molar-refractivity contribution in [2.45, 2.75) is 45.0 Å². The Labute approximate surface area is 189 Å². The molecule has 174 valence electrons. The summed E-state index contributed by atoms with van der Waals surface area (Å²) in [7, 11) is -0.296. The Kier molecular flexibility index (Phi) is 10.4. The lowest BCUT2D eigenvalue weighted by Crippen LogP contribution is -2.34. The van der Waals surface area contributed by atoms with Crippen molar-refractivity contribution in [3.63, 3.8) is 0 Å². The van der Waals surface area contributed by atoms with E-state index in [2.05, 4.69) is 5.32 Å². The van der Waals surface area contributed by atoms with Crippen molar-refractivity contribution >= 4 is 19.4 Å². The van der Waals surface area contributed by atoms with E-state index in [1.807, 2.05) is 48.5 Å². The number of esters is 1. The van der Waals surface area contributed by atoms with Gasteiger partial charge in [0, 0.05) is 13.3 Å². The van der Waals surface area contributed by atoms with E-state index in [0.717, 1.165) is 30.4 Å². The van der Waals surface area contributed by atoms with Gasteiger partial charge in [-0.1, -0.05) is 55.0 Å². The molecule has 2 atom stereocenters. The Morgan fingerprint density at radius 1 is 0.969 bits per heavy atom. The number of ether oxygens (including phenoxy) is 2. The minimum atomic E-state index is -3.07. The maximum absolute atomic E-state index is 13.2. The highest BCUT2D eigenvalue weighted by Gasteiger charge is 2.30. The van der Waals surface area contributed by atoms with Gasteiger partial charge >= 0.3 is 12.1 Å². The molecule has 1 N–H and O–H groups in total. The molecule has 32 heavy (non-hydrogen) atoms. The lowest BCUT2D eigenvalue weighted by Gasteiger charge is -2.24. The zero-order valence-corrected chi connectivity index (χ0v) is 19.8. The number of nitrogens with one attached hydrogen (secondary N) is 1. The highest BCUT2D eigenvalue weighted by Crippen LogP contribution is 2.50. The van der Waals surface area contributed by atoms with Crippen molar-refractivity contribution in [2.24, 2.45) is 0 Å². The molecular weight excluding hydrogens is 429 g/mol. The van der Waals surface area contributed by atoms with E-state index in [1.165, 1.54) is 14.2 Å². The predicted molar refractivity (Wildman–Crippen MR) is 124 cm³/mol. The molecule has 0 bridgehead atoms. The summed E-state index contributed by atoms with van der Waals surface area (Å²) in [5.74, 6) is -1.00. The summed E-state index contributed by atoms with van der Waals surface area (Å²) < 4.78 is 28.5. The first-order valence-corrected chi connectivity index (χ1v) is 12.6. The second kappa shape index (κ2) is 13.0. The molecule has 2 rings (SSSR count). The summed E-state index contributed by atoms with van der Waals surface area (Å²) in [5, 5.41) is 2.63. The fraction of sp³-hybridized carbons (Fsp3) is 0.417. The smallest absolute Gasteiger partial charge is 0.408 e. The summed E-state index contributed by atoms with van der Waals surface area (Å²) >= 11 is 0. The summed E-state index contributed by atoms with van der Waals surface area (Å²) in [4.78, 5) is 23.9. The molecule has 0 saturated carbocycles. The Hall–Kier alpha value is -2.63. The fourth-order valence-corrected chi connectivity index (χ4v) is 5.20. The average molecular weight is 461 g/mol. The van der Waals surface area contributed by atoms with Gasteiger partial charge in [0.25, 0.3) is 0 Å². The Balaban J connectivity index is 1.77. The number of hydrogen-bond donors (Lipinski definition) is 1. The van der Waals surface area contributed by atoms with Crippen LogP contribution >= 0.6 is 7.37 Å². The van der Waals surface area contributed by atoms with Crippen molar-refractivity contribution in [1.82, 2.24) is 5.32 Å². The van der Waals surface area contributed by atoms with Crippen LogP contribution in [0.25, 0.3) is 0 Å². The van der Waals surface area contributed by atoms with Crippen LogP contribution in [0.1, 0.15) is 47.7 Å². The van der Waals surface area contributed by atoms with E-state index in [0.29, 0.717) is 18.1 Å². The number of benzene rings is 2. The molecule has 2 aromatic rings. The second-order valence-corrected chi connectivity index (χ2v) is 10.5. The van der Waals surface area contributed by atoms with Gasteiger partial charge in [0.1, 0.15) is 12.4 Å². The maximum atomic E-state index is 13.2. The van der Waals surface area contributed by atoms with Crippen LogP contribution in [-0.2, 0) is 31.6 Å². The Bertz CT molecular complexity index is 918. The van der Waals surface area contributed by atoms with Gasteiger partial charge in [0.05, 0.1) is 12.7 Å². The van der Waals surface area contributed by atoms with Crippen molar-refractivity contribution in [3.8, 4) is 0 Å². The quantitative estimate of drug-likeness (QED) is 0.259. The molecular formula is C24H32NO6P. The zero-order chi connectivity index (χ0) is 23.4. The molecule has 2 aromatic carbocycles. The highest BCUT2D eigenvalue weighted by molar-refractivity contribution is 7.59. The van der Waals surface area contributed by atoms with Gasteiger partial charge in [-0.05, 0) is 43.4 Å². The second-order valence-electron chi connectivity index (χ2n) is 7.47. The topological polar surface area (TPSA) is 90.9 Å². The predicted octanol–water partition coefficient (Wildman–Crippen LogP) is 5.38. The molecule has 0 radical (unpaired) electrons. The van der Waals surface area contributed by atoms with Crippen LogP contribution in [0.15, 0.2) is 54.6 Å². The molecule has 7 nitrogen and oxygen atoms in total. The maximum Gasteiger partial charge on any atom is 0.408 e. The number of alkyl carbamates (subject to hydrolysis) is 1. The summed E-state index contributed by atoms with van der Waals surface area (Å²) in [6.45, 7) is 1.81. The number of aryl methyl sites for hydroxylation is 1. The van der Waals surface area contributed by atoms with Crippen LogP contribution in [0.3, 0.4) is 0 Å². The first kappa shape index (κ1) is 25.6. The monoisotopic (exact) mass is 461 g/mol. The number of amides is 1. The molecule has 0 spiro atoms. The first-order chi connectivity index (χ1) is 15.4. The Morgan fingerprint density at radius 2 is 1.66 bits per heavy atom.